The van der Waals surface area contributed by atoms with Crippen molar-refractivity contribution in [2.45, 2.75) is 6.92 Å². The first-order valence-corrected chi connectivity index (χ1v) is 5.96. The van der Waals surface area contributed by atoms with Crippen LogP contribution in [0.15, 0.2) is 48.5 Å². The Morgan fingerprint density at radius 2 is 1.89 bits per heavy atom. The van der Waals surface area contributed by atoms with Gasteiger partial charge in [0.05, 0.1) is 5.69 Å². The summed E-state index contributed by atoms with van der Waals surface area (Å²) in [7, 11) is 0. The van der Waals surface area contributed by atoms with Gasteiger partial charge < -0.3 is 15.8 Å². The van der Waals surface area contributed by atoms with Crippen LogP contribution in [0.3, 0.4) is 0 Å². The summed E-state index contributed by atoms with van der Waals surface area (Å²) in [5.41, 5.74) is 7.38. The molecule has 0 aromatic heterocycles. The van der Waals surface area contributed by atoms with Crippen LogP contribution in [0.25, 0.3) is 0 Å². The van der Waals surface area contributed by atoms with Crippen molar-refractivity contribution in [3.63, 3.8) is 0 Å². The second-order valence-corrected chi connectivity index (χ2v) is 4.34. The molecule has 4 heteroatoms. The van der Waals surface area contributed by atoms with E-state index in [4.69, 9.17) is 22.7 Å². The highest BCUT2D eigenvalue weighted by molar-refractivity contribution is 7.80. The lowest BCUT2D eigenvalue weighted by Gasteiger charge is -2.12. The van der Waals surface area contributed by atoms with E-state index in [9.17, 15) is 0 Å². The van der Waals surface area contributed by atoms with Gasteiger partial charge in [-0.2, -0.15) is 0 Å². The zero-order chi connectivity index (χ0) is 13.0. The molecule has 0 aliphatic heterocycles. The van der Waals surface area contributed by atoms with Gasteiger partial charge in [0.25, 0.3) is 0 Å². The van der Waals surface area contributed by atoms with Crippen molar-refractivity contribution in [3.05, 3.63) is 54.1 Å². The summed E-state index contributed by atoms with van der Waals surface area (Å²) in [5, 5.41) is 3.14. The number of para-hydroxylation sites is 1. The third kappa shape index (κ3) is 3.21. The van der Waals surface area contributed by atoms with Crippen LogP contribution >= 0.6 is 12.2 Å². The van der Waals surface area contributed by atoms with Crippen LogP contribution in [0.5, 0.6) is 11.5 Å². The van der Waals surface area contributed by atoms with Crippen molar-refractivity contribution in [1.82, 2.24) is 0 Å². The van der Waals surface area contributed by atoms with Gasteiger partial charge in [-0.1, -0.05) is 24.3 Å². The molecule has 2 rings (SSSR count). The zero-order valence-electron chi connectivity index (χ0n) is 10.0. The zero-order valence-corrected chi connectivity index (χ0v) is 10.8. The lowest BCUT2D eigenvalue weighted by molar-refractivity contribution is 0.485. The summed E-state index contributed by atoms with van der Waals surface area (Å²) in [6.07, 6.45) is 0. The van der Waals surface area contributed by atoms with Gasteiger partial charge in [0, 0.05) is 0 Å². The molecule has 92 valence electrons. The van der Waals surface area contributed by atoms with Gasteiger partial charge in [-0.3, -0.25) is 0 Å². The monoisotopic (exact) mass is 258 g/mol. The Kier molecular flexibility index (Phi) is 3.79. The molecule has 0 aliphatic carbocycles. The Labute approximate surface area is 112 Å². The third-order valence-electron chi connectivity index (χ3n) is 2.36. The highest BCUT2D eigenvalue weighted by Crippen LogP contribution is 2.30. The Balaban J connectivity index is 2.29. The van der Waals surface area contributed by atoms with E-state index < -0.39 is 0 Å². The maximum absolute atomic E-state index is 5.79. The van der Waals surface area contributed by atoms with E-state index in [0.717, 1.165) is 17.0 Å². The molecular formula is C14H14N2OS. The van der Waals surface area contributed by atoms with E-state index in [1.165, 1.54) is 0 Å². The van der Waals surface area contributed by atoms with Gasteiger partial charge in [-0.15, -0.1) is 0 Å². The number of benzene rings is 2. The SMILES string of the molecule is Cc1ccc(Oc2ccccc2)c(NC(N)=S)c1. The van der Waals surface area contributed by atoms with Gasteiger partial charge in [0.2, 0.25) is 0 Å². The molecule has 0 atom stereocenters. The maximum atomic E-state index is 5.79. The van der Waals surface area contributed by atoms with Crippen LogP contribution in [-0.2, 0) is 0 Å². The minimum Gasteiger partial charge on any atom is -0.455 e. The minimum atomic E-state index is 0.221. The molecule has 0 radical (unpaired) electrons. The van der Waals surface area contributed by atoms with Gasteiger partial charge in [0.15, 0.2) is 10.9 Å². The summed E-state index contributed by atoms with van der Waals surface area (Å²) < 4.78 is 5.79. The number of aryl methyl sites for hydroxylation is 1. The largest absolute Gasteiger partial charge is 0.455 e. The first-order valence-electron chi connectivity index (χ1n) is 5.55. The van der Waals surface area contributed by atoms with Crippen LogP contribution < -0.4 is 15.8 Å². The Morgan fingerprint density at radius 3 is 2.56 bits per heavy atom. The molecule has 0 spiro atoms. The Hall–Kier alpha value is -2.07. The summed E-state index contributed by atoms with van der Waals surface area (Å²) in [4.78, 5) is 0. The van der Waals surface area contributed by atoms with E-state index >= 15 is 0 Å². The van der Waals surface area contributed by atoms with E-state index in [-0.39, 0.29) is 5.11 Å². The third-order valence-corrected chi connectivity index (χ3v) is 2.47. The number of anilines is 1. The highest BCUT2D eigenvalue weighted by Gasteiger charge is 2.05. The number of hydrogen-bond donors (Lipinski definition) is 2. The fraction of sp³-hybridized carbons (Fsp3) is 0.0714. The lowest BCUT2D eigenvalue weighted by Crippen LogP contribution is -2.19. The molecule has 3 N–H and O–H groups in total. The molecule has 0 saturated heterocycles. The van der Waals surface area contributed by atoms with Crippen molar-refractivity contribution in [1.29, 1.82) is 0 Å². The van der Waals surface area contributed by atoms with Crippen molar-refractivity contribution in [2.24, 2.45) is 5.73 Å². The van der Waals surface area contributed by atoms with E-state index in [0.29, 0.717) is 5.75 Å². The predicted octanol–water partition coefficient (Wildman–Crippen LogP) is 3.44. The number of rotatable bonds is 3. The topological polar surface area (TPSA) is 47.3 Å². The van der Waals surface area contributed by atoms with Crippen molar-refractivity contribution >= 4 is 23.0 Å². The van der Waals surface area contributed by atoms with Gasteiger partial charge in [0.1, 0.15) is 5.75 Å². The minimum absolute atomic E-state index is 0.221. The van der Waals surface area contributed by atoms with Crippen LogP contribution in [0.2, 0.25) is 0 Å². The second kappa shape index (κ2) is 5.51. The first kappa shape index (κ1) is 12.4. The molecule has 3 nitrogen and oxygen atoms in total. The number of ether oxygens (including phenoxy) is 1. The van der Waals surface area contributed by atoms with Crippen LogP contribution in [0.1, 0.15) is 5.56 Å². The summed E-state index contributed by atoms with van der Waals surface area (Å²) in [6, 6.07) is 15.4. The smallest absolute Gasteiger partial charge is 0.168 e. The predicted molar refractivity (Wildman–Crippen MR) is 78.1 cm³/mol. The normalized spacial score (nSPS) is 9.83. The molecule has 0 aliphatic rings. The average Bonchev–Trinajstić information content (AvgIpc) is 2.33. The van der Waals surface area contributed by atoms with E-state index in [2.05, 4.69) is 5.32 Å². The number of hydrogen-bond acceptors (Lipinski definition) is 2. The van der Waals surface area contributed by atoms with Crippen molar-refractivity contribution in [2.75, 3.05) is 5.32 Å². The van der Waals surface area contributed by atoms with Gasteiger partial charge in [-0.05, 0) is 49.0 Å². The number of thiocarbonyl (C=S) groups is 1. The lowest BCUT2D eigenvalue weighted by atomic mass is 10.2. The average molecular weight is 258 g/mol. The van der Waals surface area contributed by atoms with Crippen molar-refractivity contribution in [3.8, 4) is 11.5 Å². The quantitative estimate of drug-likeness (QED) is 0.828. The van der Waals surface area contributed by atoms with Crippen molar-refractivity contribution < 1.29 is 4.74 Å². The van der Waals surface area contributed by atoms with E-state index in [1.54, 1.807) is 0 Å². The highest BCUT2D eigenvalue weighted by atomic mass is 32.1. The summed E-state index contributed by atoms with van der Waals surface area (Å²) in [6.45, 7) is 2.00. The fourth-order valence-corrected chi connectivity index (χ4v) is 1.69. The number of nitrogens with one attached hydrogen (secondary N) is 1. The second-order valence-electron chi connectivity index (χ2n) is 3.90. The molecule has 0 fully saturated rings. The van der Waals surface area contributed by atoms with E-state index in [1.807, 2.05) is 55.5 Å². The molecule has 0 heterocycles. The first-order chi connectivity index (χ1) is 8.65. The Bertz CT molecular complexity index is 555. The maximum Gasteiger partial charge on any atom is 0.168 e. The van der Waals surface area contributed by atoms with Crippen LogP contribution in [0.4, 0.5) is 5.69 Å². The molecular weight excluding hydrogens is 244 g/mol. The molecule has 18 heavy (non-hydrogen) atoms. The number of nitrogens with two attached hydrogens (primary N) is 1. The van der Waals surface area contributed by atoms with Gasteiger partial charge >= 0.3 is 0 Å². The van der Waals surface area contributed by atoms with Gasteiger partial charge in [-0.25, -0.2) is 0 Å². The van der Waals surface area contributed by atoms with Crippen LogP contribution in [0, 0.1) is 6.92 Å². The molecule has 0 bridgehead atoms. The molecule has 0 saturated carbocycles. The molecule has 0 unspecified atom stereocenters. The standard InChI is InChI=1S/C14H14N2OS/c1-10-7-8-13(12(9-10)16-14(15)18)17-11-5-3-2-4-6-11/h2-9H,1H3,(H3,15,16,18). The summed E-state index contributed by atoms with van der Waals surface area (Å²) in [5.74, 6) is 1.46. The molecule has 0 amide bonds. The molecule has 2 aromatic carbocycles. The van der Waals surface area contributed by atoms with Crippen LogP contribution in [-0.4, -0.2) is 5.11 Å². The molecule has 2 aromatic rings. The Morgan fingerprint density at radius 1 is 1.17 bits per heavy atom. The summed E-state index contributed by atoms with van der Waals surface area (Å²) >= 11 is 4.86. The fourth-order valence-electron chi connectivity index (χ4n) is 1.58.